The Balaban J connectivity index is 1.36. The Morgan fingerprint density at radius 3 is 2.62 bits per heavy atom. The van der Waals surface area contributed by atoms with Crippen LogP contribution in [0.25, 0.3) is 0 Å². The average Bonchev–Trinajstić information content (AvgIpc) is 3.13. The van der Waals surface area contributed by atoms with Crippen molar-refractivity contribution in [2.24, 2.45) is 10.8 Å². The Labute approximate surface area is 152 Å². The summed E-state index contributed by atoms with van der Waals surface area (Å²) in [7, 11) is -2.84. The van der Waals surface area contributed by atoms with E-state index in [1.807, 2.05) is 6.92 Å². The minimum absolute atomic E-state index is 0.0735. The molecule has 4 nitrogen and oxygen atoms in total. The van der Waals surface area contributed by atoms with Crippen LogP contribution in [0, 0.1) is 10.8 Å². The first kappa shape index (κ1) is 18.5. The molecule has 3 fully saturated rings. The molecule has 146 valence electrons. The molecule has 26 heavy (non-hydrogen) atoms. The van der Waals surface area contributed by atoms with Crippen LogP contribution in [-0.4, -0.2) is 62.8 Å². The highest BCUT2D eigenvalue weighted by atomic mass is 32.2. The Bertz CT molecular complexity index is 746. The molecule has 0 saturated carbocycles. The van der Waals surface area contributed by atoms with E-state index >= 15 is 0 Å². The van der Waals surface area contributed by atoms with E-state index in [1.165, 1.54) is 12.2 Å². The van der Waals surface area contributed by atoms with Crippen LogP contribution in [0.1, 0.15) is 26.2 Å². The summed E-state index contributed by atoms with van der Waals surface area (Å²) >= 11 is 0. The molecular weight excluding hydrogens is 367 g/mol. The number of nitrogens with zero attached hydrogens (tertiary/aromatic N) is 1. The van der Waals surface area contributed by atoms with Crippen LogP contribution in [0.5, 0.6) is 0 Å². The van der Waals surface area contributed by atoms with Crippen molar-refractivity contribution in [1.29, 1.82) is 0 Å². The van der Waals surface area contributed by atoms with Gasteiger partial charge in [-0.2, -0.15) is 13.2 Å². The molecule has 0 radical (unpaired) electrons. The van der Waals surface area contributed by atoms with Gasteiger partial charge in [-0.3, -0.25) is 4.90 Å². The molecule has 8 heteroatoms. The van der Waals surface area contributed by atoms with Gasteiger partial charge in [-0.15, -0.1) is 0 Å². The van der Waals surface area contributed by atoms with Crippen LogP contribution in [0.3, 0.4) is 0 Å². The molecule has 3 atom stereocenters. The number of ether oxygens (including phenoxy) is 1. The molecule has 0 aromatic carbocycles. The van der Waals surface area contributed by atoms with Crippen LogP contribution >= 0.6 is 0 Å². The topological polar surface area (TPSA) is 46.6 Å². The summed E-state index contributed by atoms with van der Waals surface area (Å²) in [6.45, 7) is 4.18. The van der Waals surface area contributed by atoms with Gasteiger partial charge in [0.2, 0.25) is 0 Å². The van der Waals surface area contributed by atoms with Crippen molar-refractivity contribution in [2.45, 2.75) is 44.5 Å². The largest absolute Gasteiger partial charge is 0.416 e. The van der Waals surface area contributed by atoms with E-state index in [2.05, 4.69) is 4.90 Å². The van der Waals surface area contributed by atoms with Crippen LogP contribution in [0.4, 0.5) is 13.2 Å². The van der Waals surface area contributed by atoms with Gasteiger partial charge in [0.05, 0.1) is 29.8 Å². The third kappa shape index (κ3) is 3.24. The number of allylic oxidation sites excluding steroid dienone is 3. The predicted octanol–water partition coefficient (Wildman–Crippen LogP) is 2.72. The highest BCUT2D eigenvalue weighted by molar-refractivity contribution is 7.92. The first-order chi connectivity index (χ1) is 12.0. The highest BCUT2D eigenvalue weighted by Gasteiger charge is 2.54. The maximum Gasteiger partial charge on any atom is 0.416 e. The second-order valence-electron chi connectivity index (χ2n) is 8.66. The smallest absolute Gasteiger partial charge is 0.376 e. The summed E-state index contributed by atoms with van der Waals surface area (Å²) in [4.78, 5) is 2.32. The van der Waals surface area contributed by atoms with E-state index in [0.29, 0.717) is 24.5 Å². The number of likely N-dealkylation sites (tertiary alicyclic amines) is 1. The van der Waals surface area contributed by atoms with Gasteiger partial charge in [-0.1, -0.05) is 25.2 Å². The summed E-state index contributed by atoms with van der Waals surface area (Å²) in [6, 6.07) is 0.223. The zero-order valence-corrected chi connectivity index (χ0v) is 15.6. The lowest BCUT2D eigenvalue weighted by atomic mass is 9.76. The molecule has 1 aliphatic carbocycles. The maximum atomic E-state index is 12.8. The van der Waals surface area contributed by atoms with Gasteiger partial charge >= 0.3 is 6.18 Å². The molecule has 1 spiro atoms. The van der Waals surface area contributed by atoms with Gasteiger partial charge in [0.25, 0.3) is 0 Å². The molecule has 0 N–H and O–H groups in total. The van der Waals surface area contributed by atoms with Gasteiger partial charge in [0.15, 0.2) is 9.84 Å². The number of hydrogen-bond donors (Lipinski definition) is 0. The Morgan fingerprint density at radius 2 is 2.04 bits per heavy atom. The molecule has 0 bridgehead atoms. The Kier molecular flexibility index (Phi) is 4.14. The van der Waals surface area contributed by atoms with Gasteiger partial charge in [-0.05, 0) is 25.8 Å². The number of rotatable bonds is 2. The minimum Gasteiger partial charge on any atom is -0.376 e. The van der Waals surface area contributed by atoms with Crippen molar-refractivity contribution in [3.05, 3.63) is 23.8 Å². The van der Waals surface area contributed by atoms with Crippen molar-refractivity contribution < 1.29 is 26.3 Å². The first-order valence-corrected chi connectivity index (χ1v) is 10.9. The van der Waals surface area contributed by atoms with Gasteiger partial charge in [0.1, 0.15) is 0 Å². The standard InChI is InChI=1S/C18H24F3NO3S/c1-16(4-2-13(3-5-16)18(19,20)21)15-8-14(9-25-15)22-7-6-17(10-22)11-26(23,24)12-17/h2-4,14-15H,5-12H2,1H3/t14-,15-,16?/m0/s1. The monoisotopic (exact) mass is 391 g/mol. The molecule has 3 heterocycles. The zero-order chi connectivity index (χ0) is 18.8. The third-order valence-corrected chi connectivity index (χ3v) is 8.59. The van der Waals surface area contributed by atoms with E-state index in [-0.39, 0.29) is 17.6 Å². The fourth-order valence-corrected chi connectivity index (χ4v) is 7.18. The molecular formula is C18H24F3NO3S. The molecule has 0 aromatic rings. The lowest BCUT2D eigenvalue weighted by molar-refractivity contribution is -0.0893. The predicted molar refractivity (Wildman–Crippen MR) is 91.4 cm³/mol. The maximum absolute atomic E-state index is 12.8. The van der Waals surface area contributed by atoms with Crippen LogP contribution in [-0.2, 0) is 14.6 Å². The summed E-state index contributed by atoms with van der Waals surface area (Å²) < 4.78 is 67.5. The molecule has 3 aliphatic heterocycles. The van der Waals surface area contributed by atoms with Crippen molar-refractivity contribution in [3.63, 3.8) is 0 Å². The molecule has 0 aromatic heterocycles. The number of alkyl halides is 3. The van der Waals surface area contributed by atoms with E-state index in [1.54, 1.807) is 6.08 Å². The van der Waals surface area contributed by atoms with E-state index < -0.39 is 27.0 Å². The van der Waals surface area contributed by atoms with Crippen LogP contribution in [0.2, 0.25) is 0 Å². The van der Waals surface area contributed by atoms with Crippen molar-refractivity contribution >= 4 is 9.84 Å². The number of sulfone groups is 1. The Morgan fingerprint density at radius 1 is 1.31 bits per heavy atom. The van der Waals surface area contributed by atoms with Crippen molar-refractivity contribution in [1.82, 2.24) is 4.90 Å². The second kappa shape index (κ2) is 5.82. The summed E-state index contributed by atoms with van der Waals surface area (Å²) in [5.41, 5.74) is -1.09. The highest BCUT2D eigenvalue weighted by Crippen LogP contribution is 2.46. The van der Waals surface area contributed by atoms with Gasteiger partial charge < -0.3 is 4.74 Å². The van der Waals surface area contributed by atoms with Crippen molar-refractivity contribution in [3.8, 4) is 0 Å². The van der Waals surface area contributed by atoms with Crippen molar-refractivity contribution in [2.75, 3.05) is 31.2 Å². The lowest BCUT2D eigenvalue weighted by Crippen LogP contribution is -2.51. The summed E-state index contributed by atoms with van der Waals surface area (Å²) in [5.74, 6) is 0.581. The van der Waals surface area contributed by atoms with Crippen LogP contribution in [0.15, 0.2) is 23.8 Å². The third-order valence-electron chi connectivity index (χ3n) is 6.48. The normalized spacial score (nSPS) is 39.2. The quantitative estimate of drug-likeness (QED) is 0.726. The number of halogens is 3. The molecule has 4 rings (SSSR count). The van der Waals surface area contributed by atoms with Gasteiger partial charge in [-0.25, -0.2) is 8.42 Å². The molecule has 3 saturated heterocycles. The zero-order valence-electron chi connectivity index (χ0n) is 14.8. The lowest BCUT2D eigenvalue weighted by Gasteiger charge is -2.38. The number of hydrogen-bond acceptors (Lipinski definition) is 4. The fourth-order valence-electron chi connectivity index (χ4n) is 4.93. The molecule has 0 amide bonds. The fraction of sp³-hybridized carbons (Fsp3) is 0.778. The summed E-state index contributed by atoms with van der Waals surface area (Å²) in [6.07, 6.45) is 1.66. The second-order valence-corrected chi connectivity index (χ2v) is 10.7. The van der Waals surface area contributed by atoms with Gasteiger partial charge in [0, 0.05) is 23.4 Å². The van der Waals surface area contributed by atoms with E-state index in [9.17, 15) is 21.6 Å². The molecule has 1 unspecified atom stereocenters. The van der Waals surface area contributed by atoms with E-state index in [4.69, 9.17) is 4.74 Å². The Hall–Kier alpha value is -0.860. The summed E-state index contributed by atoms with van der Waals surface area (Å²) in [5, 5.41) is 0. The molecule has 4 aliphatic rings. The SMILES string of the molecule is CC1([C@@H]2C[C@H](N3CCC4(C3)CS(=O)(=O)C4)CO2)C=CC(C(F)(F)F)=CC1. The van der Waals surface area contributed by atoms with Crippen LogP contribution < -0.4 is 0 Å². The minimum atomic E-state index is -4.30. The first-order valence-electron chi connectivity index (χ1n) is 9.03. The average molecular weight is 391 g/mol. The van der Waals surface area contributed by atoms with E-state index in [0.717, 1.165) is 25.9 Å².